The maximum Gasteiger partial charge on any atom is 0.283 e. The van der Waals surface area contributed by atoms with Gasteiger partial charge in [0.15, 0.2) is 28.8 Å². The van der Waals surface area contributed by atoms with Crippen molar-refractivity contribution in [3.8, 4) is 23.0 Å². The Morgan fingerprint density at radius 1 is 0.947 bits per heavy atom. The molecule has 10 nitrogen and oxygen atoms in total. The van der Waals surface area contributed by atoms with Gasteiger partial charge in [-0.1, -0.05) is 18.2 Å². The molecule has 0 radical (unpaired) electrons. The zero-order valence-corrected chi connectivity index (χ0v) is 21.4. The van der Waals surface area contributed by atoms with Crippen molar-refractivity contribution < 1.29 is 23.7 Å². The van der Waals surface area contributed by atoms with E-state index in [1.54, 1.807) is 49.8 Å². The second-order valence-corrected chi connectivity index (χ2v) is 8.88. The van der Waals surface area contributed by atoms with Crippen LogP contribution >= 0.6 is 11.8 Å². The van der Waals surface area contributed by atoms with E-state index in [9.17, 15) is 4.79 Å². The number of methoxy groups -OCH3 is 2. The van der Waals surface area contributed by atoms with Crippen molar-refractivity contribution in [2.75, 3.05) is 27.4 Å². The van der Waals surface area contributed by atoms with Crippen molar-refractivity contribution >= 4 is 39.8 Å². The minimum atomic E-state index is -0.510. The summed E-state index contributed by atoms with van der Waals surface area (Å²) in [5.41, 5.74) is 1.55. The van der Waals surface area contributed by atoms with Crippen LogP contribution in [0.4, 0.5) is 0 Å². The Labute approximate surface area is 223 Å². The number of para-hydroxylation sites is 2. The molecule has 0 atom stereocenters. The van der Waals surface area contributed by atoms with Crippen LogP contribution in [0, 0.1) is 5.41 Å². The van der Waals surface area contributed by atoms with E-state index < -0.39 is 5.91 Å². The number of nitrogens with zero attached hydrogens (tertiary/aromatic N) is 4. The molecule has 0 unspecified atom stereocenters. The minimum Gasteiger partial charge on any atom is -0.493 e. The van der Waals surface area contributed by atoms with Gasteiger partial charge in [-0.25, -0.2) is 0 Å². The Balaban J connectivity index is 1.28. The molecule has 2 aliphatic rings. The maximum absolute atomic E-state index is 12.8. The van der Waals surface area contributed by atoms with Crippen LogP contribution in [0.3, 0.4) is 0 Å². The van der Waals surface area contributed by atoms with Gasteiger partial charge in [-0.3, -0.25) is 15.2 Å². The van der Waals surface area contributed by atoms with Crippen molar-refractivity contribution in [2.24, 2.45) is 10.1 Å². The van der Waals surface area contributed by atoms with Gasteiger partial charge in [0, 0.05) is 18.0 Å². The molecule has 1 amide bonds. The molecule has 192 valence electrons. The van der Waals surface area contributed by atoms with E-state index >= 15 is 0 Å². The first-order valence-electron chi connectivity index (χ1n) is 11.5. The first-order valence-corrected chi connectivity index (χ1v) is 12.4. The lowest BCUT2D eigenvalue weighted by molar-refractivity contribution is -0.114. The average Bonchev–Trinajstić information content (AvgIpc) is 3.38. The van der Waals surface area contributed by atoms with Gasteiger partial charge in [-0.15, -0.1) is 0 Å². The monoisotopic (exact) mass is 529 g/mol. The quantitative estimate of drug-likeness (QED) is 0.323. The Bertz CT molecular complexity index is 1470. The fraction of sp³-hybridized carbons (Fsp3) is 0.148. The number of amides is 1. The van der Waals surface area contributed by atoms with Gasteiger partial charge in [-0.05, 0) is 59.8 Å². The predicted octanol–water partition coefficient (Wildman–Crippen LogP) is 4.22. The number of hydrazone groups is 1. The Hall–Kier alpha value is -4.64. The summed E-state index contributed by atoms with van der Waals surface area (Å²) >= 11 is 1.22. The van der Waals surface area contributed by atoms with Crippen LogP contribution in [0.1, 0.15) is 11.1 Å². The van der Waals surface area contributed by atoms with Gasteiger partial charge in [0.05, 0.1) is 19.8 Å². The first kappa shape index (κ1) is 25.0. The summed E-state index contributed by atoms with van der Waals surface area (Å²) in [6.45, 7) is 0.579. The molecule has 2 aromatic carbocycles. The second kappa shape index (κ2) is 11.2. The van der Waals surface area contributed by atoms with Crippen LogP contribution in [0.15, 0.2) is 82.7 Å². The molecule has 0 spiro atoms. The van der Waals surface area contributed by atoms with E-state index in [-0.39, 0.29) is 18.0 Å². The molecule has 0 aliphatic carbocycles. The van der Waals surface area contributed by atoms with Crippen molar-refractivity contribution in [3.63, 3.8) is 0 Å². The lowest BCUT2D eigenvalue weighted by Crippen LogP contribution is -2.35. The number of fused-ring (bicyclic) bond motifs is 1. The highest BCUT2D eigenvalue weighted by molar-refractivity contribution is 8.27. The Morgan fingerprint density at radius 3 is 2.39 bits per heavy atom. The number of carbonyl (C=O) groups excluding carboxylic acids is 1. The normalized spacial score (nSPS) is 15.6. The molecule has 1 N–H and O–H groups in total. The van der Waals surface area contributed by atoms with Crippen molar-refractivity contribution in [3.05, 3.63) is 83.7 Å². The standard InChI is InChI=1S/C27H23N5O5S/c1-34-20-7-3-4-8-21(20)36-12-13-37-22-10-9-17(15-23(22)35-2)14-19-24(28)32-27(30-25(19)33)38-26(31-32)18-6-5-11-29-16-18/h3-11,14-16,28H,12-13H2,1-2H3. The number of aliphatic imine (C=N–C) groups is 1. The zero-order valence-electron chi connectivity index (χ0n) is 20.6. The van der Waals surface area contributed by atoms with Crippen molar-refractivity contribution in [1.82, 2.24) is 9.99 Å². The number of pyridine rings is 1. The van der Waals surface area contributed by atoms with Gasteiger partial charge < -0.3 is 18.9 Å². The number of hydrogen-bond acceptors (Lipinski definition) is 9. The number of aromatic nitrogens is 1. The maximum atomic E-state index is 12.8. The minimum absolute atomic E-state index is 0.0563. The van der Waals surface area contributed by atoms with Crippen LogP contribution < -0.4 is 18.9 Å². The Kier molecular flexibility index (Phi) is 7.36. The third-order valence-electron chi connectivity index (χ3n) is 5.53. The van der Waals surface area contributed by atoms with E-state index in [4.69, 9.17) is 24.4 Å². The highest BCUT2D eigenvalue weighted by atomic mass is 32.2. The largest absolute Gasteiger partial charge is 0.493 e. The number of nitrogens with one attached hydrogen (secondary N) is 1. The van der Waals surface area contributed by atoms with Gasteiger partial charge in [-0.2, -0.15) is 15.1 Å². The number of ether oxygens (including phenoxy) is 4. The topological polar surface area (TPSA) is 119 Å². The number of benzene rings is 2. The molecule has 0 saturated heterocycles. The fourth-order valence-corrected chi connectivity index (χ4v) is 4.58. The van der Waals surface area contributed by atoms with Crippen LogP contribution in [-0.2, 0) is 4.79 Å². The molecule has 5 rings (SSSR count). The smallest absolute Gasteiger partial charge is 0.283 e. The van der Waals surface area contributed by atoms with E-state index in [2.05, 4.69) is 15.1 Å². The SMILES string of the molecule is COc1ccccc1OCCOc1ccc(C=C2C(=N)N3N=C(c4cccnc4)SC3=NC2=O)cc1OC. The molecule has 1 aromatic heterocycles. The van der Waals surface area contributed by atoms with Gasteiger partial charge in [0.1, 0.15) is 18.3 Å². The lowest BCUT2D eigenvalue weighted by Gasteiger charge is -2.20. The van der Waals surface area contributed by atoms with Crippen LogP contribution in [-0.4, -0.2) is 59.4 Å². The molecule has 2 aliphatic heterocycles. The van der Waals surface area contributed by atoms with Gasteiger partial charge in [0.25, 0.3) is 5.91 Å². The highest BCUT2D eigenvalue weighted by Crippen LogP contribution is 2.33. The van der Waals surface area contributed by atoms with Crippen molar-refractivity contribution in [2.45, 2.75) is 0 Å². The number of carbonyl (C=O) groups is 1. The number of rotatable bonds is 9. The zero-order chi connectivity index (χ0) is 26.5. The van der Waals surface area contributed by atoms with Crippen LogP contribution in [0.25, 0.3) is 6.08 Å². The first-order chi connectivity index (χ1) is 18.6. The molecule has 0 fully saturated rings. The fourth-order valence-electron chi connectivity index (χ4n) is 3.70. The lowest BCUT2D eigenvalue weighted by atomic mass is 10.1. The molecule has 3 aromatic rings. The van der Waals surface area contributed by atoms with E-state index in [1.165, 1.54) is 23.9 Å². The second-order valence-electron chi connectivity index (χ2n) is 7.92. The molecule has 38 heavy (non-hydrogen) atoms. The summed E-state index contributed by atoms with van der Waals surface area (Å²) in [6, 6.07) is 16.3. The number of amidine groups is 2. The molecule has 11 heteroatoms. The van der Waals surface area contributed by atoms with Gasteiger partial charge >= 0.3 is 0 Å². The third kappa shape index (κ3) is 5.23. The average molecular weight is 530 g/mol. The van der Waals surface area contributed by atoms with Crippen LogP contribution in [0.2, 0.25) is 0 Å². The molecular formula is C27H23N5O5S. The molecular weight excluding hydrogens is 506 g/mol. The van der Waals surface area contributed by atoms with Crippen molar-refractivity contribution in [1.29, 1.82) is 5.41 Å². The number of thioether (sulfide) groups is 1. The van der Waals surface area contributed by atoms with E-state index in [0.717, 1.165) is 5.56 Å². The molecule has 3 heterocycles. The third-order valence-corrected chi connectivity index (χ3v) is 6.49. The van der Waals surface area contributed by atoms with E-state index in [0.29, 0.717) is 45.4 Å². The van der Waals surface area contributed by atoms with Crippen LogP contribution in [0.5, 0.6) is 23.0 Å². The summed E-state index contributed by atoms with van der Waals surface area (Å²) in [6.07, 6.45) is 4.93. The van der Waals surface area contributed by atoms with E-state index in [1.807, 2.05) is 30.3 Å². The van der Waals surface area contributed by atoms with Gasteiger partial charge in [0.2, 0.25) is 5.17 Å². The molecule has 0 saturated carbocycles. The summed E-state index contributed by atoms with van der Waals surface area (Å²) in [7, 11) is 3.12. The summed E-state index contributed by atoms with van der Waals surface area (Å²) < 4.78 is 22.4. The number of hydrogen-bond donors (Lipinski definition) is 1. The Morgan fingerprint density at radius 2 is 1.68 bits per heavy atom. The summed E-state index contributed by atoms with van der Waals surface area (Å²) in [5.74, 6) is 1.71. The summed E-state index contributed by atoms with van der Waals surface area (Å²) in [5, 5.41) is 15.4. The predicted molar refractivity (Wildman–Crippen MR) is 145 cm³/mol. The highest BCUT2D eigenvalue weighted by Gasteiger charge is 2.36. The molecule has 0 bridgehead atoms. The summed E-state index contributed by atoms with van der Waals surface area (Å²) in [4.78, 5) is 21.0.